The Bertz CT molecular complexity index is 888. The summed E-state index contributed by atoms with van der Waals surface area (Å²) in [6.07, 6.45) is 0.384. The first-order valence-electron chi connectivity index (χ1n) is 9.88. The van der Waals surface area contributed by atoms with Crippen molar-refractivity contribution in [2.24, 2.45) is 0 Å². The maximum Gasteiger partial charge on any atom is 0.224 e. The number of ether oxygens (including phenoxy) is 1. The number of amides is 1. The van der Waals surface area contributed by atoms with Gasteiger partial charge in [-0.15, -0.1) is 0 Å². The van der Waals surface area contributed by atoms with Crippen molar-refractivity contribution in [3.8, 4) is 16.9 Å². The predicted molar refractivity (Wildman–Crippen MR) is 118 cm³/mol. The largest absolute Gasteiger partial charge is 0.489 e. The molecule has 0 fully saturated rings. The van der Waals surface area contributed by atoms with Crippen molar-refractivity contribution in [1.82, 2.24) is 10.2 Å². The minimum atomic E-state index is 0.0408. The van der Waals surface area contributed by atoms with Gasteiger partial charge in [0.15, 0.2) is 0 Å². The van der Waals surface area contributed by atoms with Crippen LogP contribution in [-0.4, -0.2) is 38.0 Å². The molecule has 1 amide bonds. The van der Waals surface area contributed by atoms with E-state index in [0.717, 1.165) is 23.4 Å². The average molecular weight is 389 g/mol. The molecule has 150 valence electrons. The monoisotopic (exact) mass is 388 g/mol. The number of nitrogens with one attached hydrogen (secondary N) is 1. The van der Waals surface area contributed by atoms with E-state index < -0.39 is 0 Å². The first-order chi connectivity index (χ1) is 14.1. The second kappa shape index (κ2) is 10.4. The van der Waals surface area contributed by atoms with Crippen molar-refractivity contribution >= 4 is 5.91 Å². The van der Waals surface area contributed by atoms with Crippen LogP contribution in [-0.2, 0) is 17.8 Å². The molecule has 0 saturated heterocycles. The summed E-state index contributed by atoms with van der Waals surface area (Å²) in [7, 11) is 3.98. The van der Waals surface area contributed by atoms with Crippen LogP contribution in [0.2, 0.25) is 0 Å². The summed E-state index contributed by atoms with van der Waals surface area (Å²) in [5, 5.41) is 2.93. The molecule has 3 aromatic rings. The number of benzene rings is 3. The average Bonchev–Trinajstić information content (AvgIpc) is 2.74. The molecule has 0 spiro atoms. The lowest BCUT2D eigenvalue weighted by Crippen LogP contribution is -2.32. The van der Waals surface area contributed by atoms with Crippen LogP contribution in [0.4, 0.5) is 0 Å². The van der Waals surface area contributed by atoms with Crippen LogP contribution in [0.3, 0.4) is 0 Å². The molecule has 3 aromatic carbocycles. The molecule has 0 radical (unpaired) electrons. The van der Waals surface area contributed by atoms with Crippen molar-refractivity contribution in [1.29, 1.82) is 0 Å². The van der Waals surface area contributed by atoms with Gasteiger partial charge in [-0.05, 0) is 48.5 Å². The number of likely N-dealkylation sites (N-methyl/N-ethyl adjacent to an activating group) is 1. The van der Waals surface area contributed by atoms with Gasteiger partial charge in [-0.25, -0.2) is 0 Å². The fourth-order valence-corrected chi connectivity index (χ4v) is 2.96. The van der Waals surface area contributed by atoms with Gasteiger partial charge in [-0.1, -0.05) is 66.7 Å². The molecule has 0 unspecified atom stereocenters. The molecule has 29 heavy (non-hydrogen) atoms. The minimum absolute atomic E-state index is 0.0408. The number of hydrogen-bond acceptors (Lipinski definition) is 3. The van der Waals surface area contributed by atoms with Crippen LogP contribution in [0.5, 0.6) is 5.75 Å². The maximum atomic E-state index is 12.0. The zero-order chi connectivity index (χ0) is 20.5. The molecular formula is C25H28N2O2. The Morgan fingerprint density at radius 2 is 1.45 bits per heavy atom. The standard InChI is InChI=1S/C25H28N2O2/c1-27(2)17-16-26-25(28)18-20-10-14-24(15-11-20)29-19-21-8-12-23(13-9-21)22-6-4-3-5-7-22/h3-15H,16-19H2,1-2H3,(H,26,28). The van der Waals surface area contributed by atoms with Gasteiger partial charge in [0.1, 0.15) is 12.4 Å². The lowest BCUT2D eigenvalue weighted by Gasteiger charge is -2.11. The fourth-order valence-electron chi connectivity index (χ4n) is 2.96. The molecular weight excluding hydrogens is 360 g/mol. The number of carbonyl (C=O) groups excluding carboxylic acids is 1. The number of rotatable bonds is 9. The third-order valence-corrected chi connectivity index (χ3v) is 4.64. The van der Waals surface area contributed by atoms with E-state index in [1.807, 2.05) is 61.5 Å². The summed E-state index contributed by atoms with van der Waals surface area (Å²) in [4.78, 5) is 14.0. The molecule has 1 N–H and O–H groups in total. The van der Waals surface area contributed by atoms with Crippen molar-refractivity contribution in [3.05, 3.63) is 90.0 Å². The zero-order valence-corrected chi connectivity index (χ0v) is 17.1. The summed E-state index contributed by atoms with van der Waals surface area (Å²) in [6, 6.07) is 26.5. The Morgan fingerprint density at radius 3 is 2.10 bits per heavy atom. The molecule has 0 aliphatic heterocycles. The highest BCUT2D eigenvalue weighted by Gasteiger charge is 2.04. The van der Waals surface area contributed by atoms with Gasteiger partial charge in [0.05, 0.1) is 6.42 Å². The zero-order valence-electron chi connectivity index (χ0n) is 17.1. The molecule has 0 aromatic heterocycles. The molecule has 4 heteroatoms. The molecule has 0 aliphatic carbocycles. The molecule has 0 atom stereocenters. The van der Waals surface area contributed by atoms with E-state index in [1.54, 1.807) is 0 Å². The molecule has 0 heterocycles. The highest BCUT2D eigenvalue weighted by atomic mass is 16.5. The second-order valence-electron chi connectivity index (χ2n) is 7.33. The Hall–Kier alpha value is -3.11. The minimum Gasteiger partial charge on any atom is -0.489 e. The maximum absolute atomic E-state index is 12.0. The van der Waals surface area contributed by atoms with Crippen molar-refractivity contribution in [3.63, 3.8) is 0 Å². The Labute approximate surface area is 173 Å². The van der Waals surface area contributed by atoms with Crippen LogP contribution < -0.4 is 10.1 Å². The molecule has 0 saturated carbocycles. The van der Waals surface area contributed by atoms with E-state index in [0.29, 0.717) is 19.6 Å². The third-order valence-electron chi connectivity index (χ3n) is 4.64. The lowest BCUT2D eigenvalue weighted by atomic mass is 10.0. The first kappa shape index (κ1) is 20.6. The fraction of sp³-hybridized carbons (Fsp3) is 0.240. The van der Waals surface area contributed by atoms with Crippen LogP contribution in [0.1, 0.15) is 11.1 Å². The second-order valence-corrected chi connectivity index (χ2v) is 7.33. The van der Waals surface area contributed by atoms with Gasteiger partial charge in [0, 0.05) is 13.1 Å². The van der Waals surface area contributed by atoms with Gasteiger partial charge < -0.3 is 15.0 Å². The van der Waals surface area contributed by atoms with Crippen molar-refractivity contribution < 1.29 is 9.53 Å². The van der Waals surface area contributed by atoms with Crippen LogP contribution in [0.25, 0.3) is 11.1 Å². The van der Waals surface area contributed by atoms with Crippen LogP contribution >= 0.6 is 0 Å². The first-order valence-corrected chi connectivity index (χ1v) is 9.88. The van der Waals surface area contributed by atoms with E-state index in [4.69, 9.17) is 4.74 Å². The van der Waals surface area contributed by atoms with E-state index in [-0.39, 0.29) is 5.91 Å². The molecule has 4 nitrogen and oxygen atoms in total. The number of carbonyl (C=O) groups is 1. The Kier molecular flexibility index (Phi) is 7.42. The number of nitrogens with zero attached hydrogens (tertiary/aromatic N) is 1. The van der Waals surface area contributed by atoms with E-state index >= 15 is 0 Å². The summed E-state index contributed by atoms with van der Waals surface area (Å²) in [6.45, 7) is 2.01. The quantitative estimate of drug-likeness (QED) is 0.599. The van der Waals surface area contributed by atoms with E-state index in [9.17, 15) is 4.79 Å². The van der Waals surface area contributed by atoms with Gasteiger partial charge in [-0.3, -0.25) is 4.79 Å². The summed E-state index contributed by atoms with van der Waals surface area (Å²) >= 11 is 0. The number of hydrogen-bond donors (Lipinski definition) is 1. The van der Waals surface area contributed by atoms with E-state index in [2.05, 4.69) is 41.7 Å². The van der Waals surface area contributed by atoms with Gasteiger partial charge in [0.2, 0.25) is 5.91 Å². The van der Waals surface area contributed by atoms with E-state index in [1.165, 1.54) is 11.1 Å². The highest BCUT2D eigenvalue weighted by molar-refractivity contribution is 5.78. The highest BCUT2D eigenvalue weighted by Crippen LogP contribution is 2.20. The van der Waals surface area contributed by atoms with Crippen molar-refractivity contribution in [2.75, 3.05) is 27.2 Å². The summed E-state index contributed by atoms with van der Waals surface area (Å²) in [5.74, 6) is 0.841. The van der Waals surface area contributed by atoms with Crippen LogP contribution in [0, 0.1) is 0 Å². The van der Waals surface area contributed by atoms with Crippen LogP contribution in [0.15, 0.2) is 78.9 Å². The Balaban J connectivity index is 1.47. The van der Waals surface area contributed by atoms with Gasteiger partial charge in [0.25, 0.3) is 0 Å². The topological polar surface area (TPSA) is 41.6 Å². The Morgan fingerprint density at radius 1 is 0.828 bits per heavy atom. The van der Waals surface area contributed by atoms with Gasteiger partial charge in [-0.2, -0.15) is 0 Å². The summed E-state index contributed by atoms with van der Waals surface area (Å²) < 4.78 is 5.88. The molecule has 3 rings (SSSR count). The van der Waals surface area contributed by atoms with Gasteiger partial charge >= 0.3 is 0 Å². The third kappa shape index (κ3) is 6.77. The SMILES string of the molecule is CN(C)CCNC(=O)Cc1ccc(OCc2ccc(-c3ccccc3)cc2)cc1. The van der Waals surface area contributed by atoms with Crippen molar-refractivity contribution in [2.45, 2.75) is 13.0 Å². The lowest BCUT2D eigenvalue weighted by molar-refractivity contribution is -0.120. The normalized spacial score (nSPS) is 10.7. The summed E-state index contributed by atoms with van der Waals surface area (Å²) in [5.41, 5.74) is 4.50. The molecule has 0 aliphatic rings. The smallest absolute Gasteiger partial charge is 0.224 e. The predicted octanol–water partition coefficient (Wildman–Crippen LogP) is 4.15. The molecule has 0 bridgehead atoms.